The fraction of sp³-hybridized carbons (Fsp3) is 0.462. The van der Waals surface area contributed by atoms with Crippen molar-refractivity contribution < 1.29 is 9.53 Å². The maximum Gasteiger partial charge on any atom is 0.356 e. The van der Waals surface area contributed by atoms with Crippen LogP contribution >= 0.6 is 0 Å². The van der Waals surface area contributed by atoms with Crippen LogP contribution in [0.25, 0.3) is 5.65 Å². The van der Waals surface area contributed by atoms with Crippen molar-refractivity contribution in [1.29, 1.82) is 0 Å². The summed E-state index contributed by atoms with van der Waals surface area (Å²) in [7, 11) is 1.36. The van der Waals surface area contributed by atoms with Crippen molar-refractivity contribution >= 4 is 11.6 Å². The van der Waals surface area contributed by atoms with E-state index in [4.69, 9.17) is 4.74 Å². The molecular weight excluding hydrogens is 258 g/mol. The van der Waals surface area contributed by atoms with Gasteiger partial charge in [0.25, 0.3) is 0 Å². The van der Waals surface area contributed by atoms with Crippen LogP contribution in [0, 0.1) is 0 Å². The number of hydrogen-bond donors (Lipinski definition) is 1. The molecule has 0 bridgehead atoms. The number of carbonyl (C=O) groups excluding carboxylic acids is 1. The van der Waals surface area contributed by atoms with Crippen LogP contribution in [-0.4, -0.2) is 58.8 Å². The lowest BCUT2D eigenvalue weighted by molar-refractivity contribution is 0.0590. The molecule has 1 saturated heterocycles. The van der Waals surface area contributed by atoms with Crippen LogP contribution in [-0.2, 0) is 11.3 Å². The lowest BCUT2D eigenvalue weighted by Gasteiger charge is -2.25. The standard InChI is InChI=1S/C13H17N5O2/c1-20-13(19)10-3-2-4-12-15-11(16-18(10)12)9-17-7-5-14-6-8-17/h2-4,14H,5-9H2,1H3. The van der Waals surface area contributed by atoms with E-state index in [0.29, 0.717) is 17.9 Å². The van der Waals surface area contributed by atoms with Gasteiger partial charge < -0.3 is 10.1 Å². The van der Waals surface area contributed by atoms with E-state index in [0.717, 1.165) is 32.0 Å². The van der Waals surface area contributed by atoms with Gasteiger partial charge in [0, 0.05) is 26.2 Å². The molecule has 106 valence electrons. The van der Waals surface area contributed by atoms with Crippen LogP contribution in [0.15, 0.2) is 18.2 Å². The van der Waals surface area contributed by atoms with Gasteiger partial charge in [-0.25, -0.2) is 14.3 Å². The fourth-order valence-electron chi connectivity index (χ4n) is 2.34. The molecule has 0 saturated carbocycles. The van der Waals surface area contributed by atoms with Crippen LogP contribution in [0.4, 0.5) is 0 Å². The molecule has 1 aliphatic rings. The Morgan fingerprint density at radius 1 is 1.40 bits per heavy atom. The van der Waals surface area contributed by atoms with Gasteiger partial charge in [-0.2, -0.15) is 0 Å². The van der Waals surface area contributed by atoms with Gasteiger partial charge in [-0.1, -0.05) is 6.07 Å². The third-order valence-electron chi connectivity index (χ3n) is 3.37. The van der Waals surface area contributed by atoms with Gasteiger partial charge >= 0.3 is 5.97 Å². The van der Waals surface area contributed by atoms with Gasteiger partial charge in [0.15, 0.2) is 17.2 Å². The molecule has 3 heterocycles. The molecule has 0 spiro atoms. The molecule has 20 heavy (non-hydrogen) atoms. The summed E-state index contributed by atoms with van der Waals surface area (Å²) in [6, 6.07) is 5.30. The number of ether oxygens (including phenoxy) is 1. The quantitative estimate of drug-likeness (QED) is 0.790. The van der Waals surface area contributed by atoms with Crippen LogP contribution in [0.5, 0.6) is 0 Å². The number of carbonyl (C=O) groups is 1. The van der Waals surface area contributed by atoms with Crippen molar-refractivity contribution in [2.45, 2.75) is 6.54 Å². The zero-order valence-electron chi connectivity index (χ0n) is 11.4. The van der Waals surface area contributed by atoms with Crippen molar-refractivity contribution in [3.05, 3.63) is 29.7 Å². The molecule has 0 aliphatic carbocycles. The highest BCUT2D eigenvalue weighted by atomic mass is 16.5. The second-order valence-electron chi connectivity index (χ2n) is 4.73. The second-order valence-corrected chi connectivity index (χ2v) is 4.73. The van der Waals surface area contributed by atoms with Gasteiger partial charge in [0.1, 0.15) is 0 Å². The average molecular weight is 275 g/mol. The number of fused-ring (bicyclic) bond motifs is 1. The van der Waals surface area contributed by atoms with E-state index in [1.165, 1.54) is 7.11 Å². The van der Waals surface area contributed by atoms with Crippen LogP contribution in [0.2, 0.25) is 0 Å². The van der Waals surface area contributed by atoms with E-state index in [1.807, 2.05) is 6.07 Å². The van der Waals surface area contributed by atoms with Crippen LogP contribution in [0.1, 0.15) is 16.3 Å². The smallest absolute Gasteiger partial charge is 0.356 e. The Morgan fingerprint density at radius 3 is 2.95 bits per heavy atom. The second kappa shape index (κ2) is 5.56. The van der Waals surface area contributed by atoms with Gasteiger partial charge in [0.05, 0.1) is 13.7 Å². The van der Waals surface area contributed by atoms with Crippen molar-refractivity contribution in [3.8, 4) is 0 Å². The normalized spacial score (nSPS) is 16.4. The van der Waals surface area contributed by atoms with Crippen molar-refractivity contribution in [2.24, 2.45) is 0 Å². The summed E-state index contributed by atoms with van der Waals surface area (Å²) in [5.74, 6) is 0.317. The Hall–Kier alpha value is -1.99. The van der Waals surface area contributed by atoms with E-state index in [2.05, 4.69) is 20.3 Å². The molecule has 0 radical (unpaired) electrons. The third kappa shape index (κ3) is 2.50. The van der Waals surface area contributed by atoms with E-state index >= 15 is 0 Å². The molecule has 0 atom stereocenters. The summed E-state index contributed by atoms with van der Waals surface area (Å²) >= 11 is 0. The molecule has 1 aliphatic heterocycles. The summed E-state index contributed by atoms with van der Waals surface area (Å²) in [5.41, 5.74) is 1.06. The van der Waals surface area contributed by atoms with Crippen LogP contribution in [0.3, 0.4) is 0 Å². The van der Waals surface area contributed by atoms with E-state index in [-0.39, 0.29) is 0 Å². The first-order valence-corrected chi connectivity index (χ1v) is 6.64. The predicted molar refractivity (Wildman–Crippen MR) is 72.5 cm³/mol. The minimum absolute atomic E-state index is 0.393. The maximum absolute atomic E-state index is 11.7. The summed E-state index contributed by atoms with van der Waals surface area (Å²) in [5, 5.41) is 7.73. The highest BCUT2D eigenvalue weighted by molar-refractivity contribution is 5.88. The zero-order valence-corrected chi connectivity index (χ0v) is 11.4. The highest BCUT2D eigenvalue weighted by Crippen LogP contribution is 2.09. The Kier molecular flexibility index (Phi) is 3.62. The number of nitrogens with one attached hydrogen (secondary N) is 1. The molecular formula is C13H17N5O2. The van der Waals surface area contributed by atoms with Gasteiger partial charge in [-0.15, -0.1) is 5.10 Å². The maximum atomic E-state index is 11.7. The monoisotopic (exact) mass is 275 g/mol. The first kappa shape index (κ1) is 13.0. The molecule has 1 N–H and O–H groups in total. The first-order chi connectivity index (χ1) is 9.78. The third-order valence-corrected chi connectivity index (χ3v) is 3.37. The summed E-state index contributed by atoms with van der Waals surface area (Å²) in [6.45, 7) is 4.64. The van der Waals surface area contributed by atoms with Crippen molar-refractivity contribution in [2.75, 3.05) is 33.3 Å². The number of hydrogen-bond acceptors (Lipinski definition) is 6. The largest absolute Gasteiger partial charge is 0.464 e. The molecule has 3 rings (SSSR count). The average Bonchev–Trinajstić information content (AvgIpc) is 2.89. The molecule has 0 unspecified atom stereocenters. The molecule has 0 amide bonds. The van der Waals surface area contributed by atoms with E-state index < -0.39 is 5.97 Å². The Morgan fingerprint density at radius 2 is 2.20 bits per heavy atom. The van der Waals surface area contributed by atoms with Gasteiger partial charge in [-0.05, 0) is 12.1 Å². The zero-order chi connectivity index (χ0) is 13.9. The minimum Gasteiger partial charge on any atom is -0.464 e. The van der Waals surface area contributed by atoms with Crippen molar-refractivity contribution in [1.82, 2.24) is 24.8 Å². The molecule has 7 heteroatoms. The molecule has 2 aromatic heterocycles. The predicted octanol–water partition coefficient (Wildman–Crippen LogP) is -0.0789. The minimum atomic E-state index is -0.408. The number of nitrogens with zero attached hydrogens (tertiary/aromatic N) is 4. The summed E-state index contributed by atoms with van der Waals surface area (Å²) < 4.78 is 6.30. The lowest BCUT2D eigenvalue weighted by Crippen LogP contribution is -2.43. The number of piperazine rings is 1. The van der Waals surface area contributed by atoms with Crippen molar-refractivity contribution in [3.63, 3.8) is 0 Å². The summed E-state index contributed by atoms with van der Waals surface area (Å²) in [4.78, 5) is 18.5. The van der Waals surface area contributed by atoms with E-state index in [9.17, 15) is 4.79 Å². The number of methoxy groups -OCH3 is 1. The number of rotatable bonds is 3. The molecule has 2 aromatic rings. The first-order valence-electron chi connectivity index (χ1n) is 6.64. The number of aromatic nitrogens is 3. The number of pyridine rings is 1. The highest BCUT2D eigenvalue weighted by Gasteiger charge is 2.16. The lowest BCUT2D eigenvalue weighted by atomic mass is 10.3. The Bertz CT molecular complexity index is 618. The molecule has 1 fully saturated rings. The SMILES string of the molecule is COC(=O)c1cccc2nc(CN3CCNCC3)nn12. The number of esters is 1. The molecule has 0 aromatic carbocycles. The van der Waals surface area contributed by atoms with Crippen LogP contribution < -0.4 is 5.32 Å². The Balaban J connectivity index is 1.88. The van der Waals surface area contributed by atoms with Gasteiger partial charge in [-0.3, -0.25) is 4.90 Å². The topological polar surface area (TPSA) is 71.8 Å². The van der Waals surface area contributed by atoms with Gasteiger partial charge in [0.2, 0.25) is 0 Å². The Labute approximate surface area is 116 Å². The summed E-state index contributed by atoms with van der Waals surface area (Å²) in [6.07, 6.45) is 0. The molecule has 7 nitrogen and oxygen atoms in total. The fourth-order valence-corrected chi connectivity index (χ4v) is 2.34. The van der Waals surface area contributed by atoms with E-state index in [1.54, 1.807) is 16.6 Å².